The second-order valence-electron chi connectivity index (χ2n) is 8.89. The smallest absolute Gasteiger partial charge is 0.279 e. The number of nitrogens with one attached hydrogen (secondary N) is 1. The van der Waals surface area contributed by atoms with Gasteiger partial charge in [0.15, 0.2) is 0 Å². The van der Waals surface area contributed by atoms with Crippen LogP contribution in [0.3, 0.4) is 0 Å². The predicted octanol–water partition coefficient (Wildman–Crippen LogP) is 5.93. The maximum absolute atomic E-state index is 11.5. The van der Waals surface area contributed by atoms with Crippen molar-refractivity contribution < 1.29 is 9.53 Å². The molecule has 6 rings (SSSR count). The predicted molar refractivity (Wildman–Crippen MR) is 131 cm³/mol. The zero-order valence-electron chi connectivity index (χ0n) is 17.9. The highest BCUT2D eigenvalue weighted by Gasteiger charge is 2.40. The molecule has 0 radical (unpaired) electrons. The molecule has 2 saturated heterocycles. The molecule has 7 heteroatoms. The van der Waals surface area contributed by atoms with Gasteiger partial charge in [-0.1, -0.05) is 23.5 Å². The van der Waals surface area contributed by atoms with E-state index in [9.17, 15) is 4.79 Å². The lowest BCUT2D eigenvalue weighted by Crippen LogP contribution is -2.49. The van der Waals surface area contributed by atoms with Crippen LogP contribution < -0.4 is 10.1 Å². The highest BCUT2D eigenvalue weighted by molar-refractivity contribution is 7.20. The van der Waals surface area contributed by atoms with Crippen molar-refractivity contribution in [3.8, 4) is 10.9 Å². The van der Waals surface area contributed by atoms with Crippen molar-refractivity contribution in [3.05, 3.63) is 53.4 Å². The number of carbonyl (C=O) groups excluding carboxylic acids is 1. The Morgan fingerprint density at radius 1 is 1.09 bits per heavy atom. The molecule has 164 valence electrons. The van der Waals surface area contributed by atoms with Crippen LogP contribution in [0, 0.1) is 0 Å². The number of ether oxygens (including phenoxy) is 1. The number of thiazole rings is 1. The molecule has 4 heterocycles. The van der Waals surface area contributed by atoms with Gasteiger partial charge in [-0.2, -0.15) is 0 Å². The van der Waals surface area contributed by atoms with Gasteiger partial charge in [0.1, 0.15) is 5.75 Å². The largest absolute Gasteiger partial charge is 0.431 e. The number of hydrogen-bond donors (Lipinski definition) is 1. The van der Waals surface area contributed by atoms with Gasteiger partial charge < -0.3 is 10.1 Å². The van der Waals surface area contributed by atoms with Gasteiger partial charge in [-0.3, -0.25) is 9.69 Å². The fourth-order valence-corrected chi connectivity index (χ4v) is 7.26. The Morgan fingerprint density at radius 3 is 2.69 bits per heavy atom. The summed E-state index contributed by atoms with van der Waals surface area (Å²) >= 11 is 3.43. The summed E-state index contributed by atoms with van der Waals surface area (Å²) in [6, 6.07) is 18.2. The van der Waals surface area contributed by atoms with E-state index >= 15 is 0 Å². The first kappa shape index (κ1) is 20.1. The van der Waals surface area contributed by atoms with E-state index in [4.69, 9.17) is 4.74 Å². The molecule has 0 aliphatic carbocycles. The molecule has 1 N–H and O–H groups in total. The molecule has 2 aliphatic rings. The van der Waals surface area contributed by atoms with Gasteiger partial charge in [0.05, 0.1) is 10.2 Å². The average Bonchev–Trinajstić information content (AvgIpc) is 3.41. The van der Waals surface area contributed by atoms with Gasteiger partial charge in [0.2, 0.25) is 5.91 Å². The Morgan fingerprint density at radius 2 is 1.91 bits per heavy atom. The van der Waals surface area contributed by atoms with Crippen LogP contribution in [-0.4, -0.2) is 33.9 Å². The molecule has 2 aromatic heterocycles. The molecule has 0 spiro atoms. The molecule has 0 saturated carbocycles. The molecular formula is C25H25N3O2S2. The number of nitrogens with zero attached hydrogens (tertiary/aromatic N) is 2. The molecule has 1 amide bonds. The van der Waals surface area contributed by atoms with Crippen LogP contribution in [0.15, 0.2) is 48.5 Å². The number of benzene rings is 2. The first-order chi connectivity index (χ1) is 15.6. The number of amides is 1. The zero-order chi connectivity index (χ0) is 21.7. The normalized spacial score (nSPS) is 23.1. The maximum atomic E-state index is 11.5. The first-order valence-corrected chi connectivity index (χ1v) is 12.8. The Balaban J connectivity index is 1.17. The summed E-state index contributed by atoms with van der Waals surface area (Å²) in [7, 11) is 0. The van der Waals surface area contributed by atoms with Gasteiger partial charge in [0.25, 0.3) is 5.19 Å². The van der Waals surface area contributed by atoms with E-state index < -0.39 is 0 Å². The number of piperidine rings is 1. The number of aromatic nitrogens is 1. The number of hydrogen-bond acceptors (Lipinski definition) is 6. The van der Waals surface area contributed by atoms with E-state index in [1.807, 2.05) is 35.6 Å². The van der Waals surface area contributed by atoms with Crippen molar-refractivity contribution in [1.82, 2.24) is 15.2 Å². The third-order valence-corrected chi connectivity index (χ3v) is 8.65. The number of fused-ring (bicyclic) bond motifs is 4. The summed E-state index contributed by atoms with van der Waals surface area (Å²) in [5.74, 6) is 0.928. The minimum atomic E-state index is 0.0937. The van der Waals surface area contributed by atoms with Crippen molar-refractivity contribution in [1.29, 1.82) is 0 Å². The quantitative estimate of drug-likeness (QED) is 0.398. The van der Waals surface area contributed by atoms with E-state index in [0.717, 1.165) is 35.4 Å². The van der Waals surface area contributed by atoms with Crippen molar-refractivity contribution in [2.24, 2.45) is 0 Å². The van der Waals surface area contributed by atoms with Crippen molar-refractivity contribution in [2.75, 3.05) is 0 Å². The standard InChI is InChI=1S/C25H25N3O2S2/c1-15(29)26-17-11-18-7-8-19(12-17)28(18)14-21-10-16-6-9-20(13-24(16)31-21)30-25-27-22-4-2-3-5-23(22)32-25/h2-6,9-10,13,17-19H,7-8,11-12,14H2,1H3,(H,26,29)/t17-,18+,19-. The topological polar surface area (TPSA) is 54.5 Å². The van der Waals surface area contributed by atoms with E-state index in [0.29, 0.717) is 23.3 Å². The third kappa shape index (κ3) is 3.89. The maximum Gasteiger partial charge on any atom is 0.279 e. The van der Waals surface area contributed by atoms with Crippen molar-refractivity contribution >= 4 is 48.9 Å². The van der Waals surface area contributed by atoms with Gasteiger partial charge >= 0.3 is 0 Å². The van der Waals surface area contributed by atoms with E-state index in [1.54, 1.807) is 18.3 Å². The summed E-state index contributed by atoms with van der Waals surface area (Å²) in [4.78, 5) is 20.1. The van der Waals surface area contributed by atoms with Gasteiger partial charge in [-0.15, -0.1) is 11.3 Å². The highest BCUT2D eigenvalue weighted by atomic mass is 32.1. The zero-order valence-corrected chi connectivity index (χ0v) is 19.5. The number of carbonyl (C=O) groups is 1. The molecule has 2 bridgehead atoms. The third-order valence-electron chi connectivity index (χ3n) is 6.65. The lowest BCUT2D eigenvalue weighted by Gasteiger charge is -2.38. The van der Waals surface area contributed by atoms with Crippen LogP contribution in [-0.2, 0) is 11.3 Å². The molecular weight excluding hydrogens is 438 g/mol. The number of rotatable bonds is 5. The van der Waals surface area contributed by atoms with Crippen LogP contribution in [0.5, 0.6) is 10.9 Å². The molecule has 32 heavy (non-hydrogen) atoms. The summed E-state index contributed by atoms with van der Waals surface area (Å²) in [6.07, 6.45) is 4.62. The van der Waals surface area contributed by atoms with E-state index in [-0.39, 0.29) is 5.91 Å². The van der Waals surface area contributed by atoms with E-state index in [1.165, 1.54) is 27.8 Å². The summed E-state index contributed by atoms with van der Waals surface area (Å²) in [5.41, 5.74) is 0.976. The molecule has 3 atom stereocenters. The van der Waals surface area contributed by atoms with Crippen LogP contribution in [0.1, 0.15) is 37.5 Å². The SMILES string of the molecule is CC(=O)N[C@H]1C[C@H]2CC[C@@H](C1)N2Cc1cc2ccc(Oc3nc4ccccc4s3)cc2s1. The lowest BCUT2D eigenvalue weighted by molar-refractivity contribution is -0.120. The molecule has 5 nitrogen and oxygen atoms in total. The first-order valence-electron chi connectivity index (χ1n) is 11.2. The molecule has 2 aromatic carbocycles. The van der Waals surface area contributed by atoms with Gasteiger partial charge in [-0.05, 0) is 67.5 Å². The average molecular weight is 464 g/mol. The van der Waals surface area contributed by atoms with Crippen LogP contribution in [0.25, 0.3) is 20.3 Å². The van der Waals surface area contributed by atoms with Crippen molar-refractivity contribution in [2.45, 2.75) is 57.3 Å². The minimum Gasteiger partial charge on any atom is -0.431 e. The Labute approximate surface area is 195 Å². The molecule has 2 fully saturated rings. The van der Waals surface area contributed by atoms with Gasteiger partial charge in [0, 0.05) is 41.2 Å². The Bertz CT molecular complexity index is 1250. The number of thiophene rings is 1. The monoisotopic (exact) mass is 463 g/mol. The number of para-hydroxylation sites is 1. The van der Waals surface area contributed by atoms with Crippen LogP contribution >= 0.6 is 22.7 Å². The molecule has 4 aromatic rings. The second kappa shape index (κ2) is 8.14. The van der Waals surface area contributed by atoms with E-state index in [2.05, 4.69) is 39.5 Å². The fourth-order valence-electron chi connectivity index (χ4n) is 5.32. The Kier molecular flexibility index (Phi) is 5.12. The fraction of sp³-hybridized carbons (Fsp3) is 0.360. The molecule has 2 aliphatic heterocycles. The van der Waals surface area contributed by atoms with Crippen LogP contribution in [0.4, 0.5) is 0 Å². The van der Waals surface area contributed by atoms with Gasteiger partial charge in [-0.25, -0.2) is 4.98 Å². The summed E-state index contributed by atoms with van der Waals surface area (Å²) in [5, 5.41) is 5.09. The Hall–Kier alpha value is -2.48. The van der Waals surface area contributed by atoms with Crippen molar-refractivity contribution in [3.63, 3.8) is 0 Å². The molecule has 0 unspecified atom stereocenters. The minimum absolute atomic E-state index is 0.0937. The lowest BCUT2D eigenvalue weighted by atomic mass is 9.97. The van der Waals surface area contributed by atoms with Crippen LogP contribution in [0.2, 0.25) is 0 Å². The second-order valence-corrected chi connectivity index (χ2v) is 11.0. The summed E-state index contributed by atoms with van der Waals surface area (Å²) < 4.78 is 8.47. The highest BCUT2D eigenvalue weighted by Crippen LogP contribution is 2.39. The summed E-state index contributed by atoms with van der Waals surface area (Å²) in [6.45, 7) is 2.62.